The fourth-order valence-electron chi connectivity index (χ4n) is 4.24. The first-order valence-electron chi connectivity index (χ1n) is 10.8. The molecule has 1 N–H and O–H groups in total. The van der Waals surface area contributed by atoms with Crippen LogP contribution in [0.25, 0.3) is 39.0 Å². The first kappa shape index (κ1) is 18.5. The second-order valence-electron chi connectivity index (χ2n) is 8.06. The second kappa shape index (κ2) is 7.78. The van der Waals surface area contributed by atoms with Crippen LogP contribution in [-0.2, 0) is 0 Å². The average Bonchev–Trinajstić information content (AvgIpc) is 3.55. The van der Waals surface area contributed by atoms with Gasteiger partial charge in [-0.2, -0.15) is 0 Å². The largest absolute Gasteiger partial charge is 0.338 e. The van der Waals surface area contributed by atoms with Crippen molar-refractivity contribution in [1.82, 2.24) is 9.97 Å². The highest BCUT2D eigenvalue weighted by atomic mass is 14.9. The molecule has 6 rings (SSSR count). The van der Waals surface area contributed by atoms with Crippen molar-refractivity contribution in [3.63, 3.8) is 0 Å². The molecule has 2 heterocycles. The van der Waals surface area contributed by atoms with Gasteiger partial charge in [-0.05, 0) is 45.2 Å². The number of aliphatic imine (C=N–C) groups is 1. The van der Waals surface area contributed by atoms with Gasteiger partial charge >= 0.3 is 0 Å². The Morgan fingerprint density at radius 2 is 1.31 bits per heavy atom. The fraction of sp³-hybridized carbons (Fsp3) is 0.0345. The average molecular weight is 412 g/mol. The lowest BCUT2D eigenvalue weighted by atomic mass is 9.96. The molecule has 0 saturated carbocycles. The van der Waals surface area contributed by atoms with E-state index < -0.39 is 0 Å². The number of allylic oxidation sites excluding steroid dienone is 1. The lowest BCUT2D eigenvalue weighted by Crippen LogP contribution is -1.97. The third kappa shape index (κ3) is 3.44. The van der Waals surface area contributed by atoms with E-state index in [1.54, 1.807) is 0 Å². The van der Waals surface area contributed by atoms with Crippen LogP contribution in [-0.4, -0.2) is 15.7 Å². The highest BCUT2D eigenvalue weighted by Crippen LogP contribution is 2.31. The molecule has 32 heavy (non-hydrogen) atoms. The summed E-state index contributed by atoms with van der Waals surface area (Å²) in [4.78, 5) is 12.8. The van der Waals surface area contributed by atoms with Gasteiger partial charge in [0.05, 0.1) is 17.6 Å². The van der Waals surface area contributed by atoms with Gasteiger partial charge in [0.2, 0.25) is 0 Å². The molecule has 1 aliphatic heterocycles. The third-order valence-corrected chi connectivity index (χ3v) is 5.99. The maximum atomic E-state index is 4.68. The summed E-state index contributed by atoms with van der Waals surface area (Å²) in [6.45, 7) is 0. The van der Waals surface area contributed by atoms with Crippen molar-refractivity contribution in [2.45, 2.75) is 6.42 Å². The summed E-state index contributed by atoms with van der Waals surface area (Å²) in [5.41, 5.74) is 8.02. The molecule has 4 aromatic carbocycles. The van der Waals surface area contributed by atoms with Crippen molar-refractivity contribution < 1.29 is 0 Å². The summed E-state index contributed by atoms with van der Waals surface area (Å²) in [7, 11) is 0. The summed E-state index contributed by atoms with van der Waals surface area (Å²) in [5.74, 6) is 0.880. The Labute approximate surface area is 186 Å². The van der Waals surface area contributed by atoms with Gasteiger partial charge in [0.1, 0.15) is 5.82 Å². The third-order valence-electron chi connectivity index (χ3n) is 5.99. The van der Waals surface area contributed by atoms with Gasteiger partial charge < -0.3 is 4.98 Å². The van der Waals surface area contributed by atoms with Crippen LogP contribution in [0.2, 0.25) is 0 Å². The van der Waals surface area contributed by atoms with Crippen molar-refractivity contribution >= 4 is 22.1 Å². The van der Waals surface area contributed by atoms with E-state index in [9.17, 15) is 0 Å². The lowest BCUT2D eigenvalue weighted by Gasteiger charge is -2.07. The van der Waals surface area contributed by atoms with Gasteiger partial charge in [-0.1, -0.05) is 84.9 Å². The van der Waals surface area contributed by atoms with Gasteiger partial charge in [-0.25, -0.2) is 4.98 Å². The number of nitrogens with zero attached hydrogens (tertiary/aromatic N) is 2. The molecule has 0 aliphatic carbocycles. The minimum Gasteiger partial charge on any atom is -0.338 e. The number of nitrogens with one attached hydrogen (secondary N) is 1. The molecule has 1 aliphatic rings. The van der Waals surface area contributed by atoms with E-state index in [4.69, 9.17) is 0 Å². The topological polar surface area (TPSA) is 41.0 Å². The lowest BCUT2D eigenvalue weighted by molar-refractivity contribution is 1.31. The number of benzene rings is 4. The number of fused-ring (bicyclic) bond motifs is 1. The van der Waals surface area contributed by atoms with Crippen molar-refractivity contribution in [2.24, 2.45) is 4.99 Å². The highest BCUT2D eigenvalue weighted by molar-refractivity contribution is 6.09. The zero-order valence-electron chi connectivity index (χ0n) is 17.5. The molecule has 0 unspecified atom stereocenters. The van der Waals surface area contributed by atoms with Crippen molar-refractivity contribution in [2.75, 3.05) is 0 Å². The Kier molecular flexibility index (Phi) is 4.51. The van der Waals surface area contributed by atoms with Gasteiger partial charge in [-0.15, -0.1) is 0 Å². The maximum Gasteiger partial charge on any atom is 0.137 e. The van der Waals surface area contributed by atoms with Crippen LogP contribution in [0.3, 0.4) is 0 Å². The molecule has 1 aromatic heterocycles. The summed E-state index contributed by atoms with van der Waals surface area (Å²) in [6.07, 6.45) is 4.76. The first-order valence-corrected chi connectivity index (χ1v) is 10.8. The number of imidazole rings is 1. The fourth-order valence-corrected chi connectivity index (χ4v) is 4.24. The molecule has 5 aromatic rings. The van der Waals surface area contributed by atoms with Crippen molar-refractivity contribution in [3.05, 3.63) is 121 Å². The first-order chi connectivity index (χ1) is 15.8. The van der Waals surface area contributed by atoms with Crippen molar-refractivity contribution in [1.29, 1.82) is 0 Å². The van der Waals surface area contributed by atoms with Gasteiger partial charge in [0, 0.05) is 18.2 Å². The quantitative estimate of drug-likeness (QED) is 0.336. The Morgan fingerprint density at radius 1 is 0.625 bits per heavy atom. The van der Waals surface area contributed by atoms with Gasteiger partial charge in [0.15, 0.2) is 0 Å². The van der Waals surface area contributed by atoms with Crippen molar-refractivity contribution in [3.8, 4) is 22.6 Å². The molecule has 0 atom stereocenters. The van der Waals surface area contributed by atoms with Gasteiger partial charge in [-0.3, -0.25) is 4.99 Å². The van der Waals surface area contributed by atoms with Crippen LogP contribution in [0, 0.1) is 0 Å². The molecule has 3 heteroatoms. The van der Waals surface area contributed by atoms with E-state index in [1.165, 1.54) is 27.5 Å². The summed E-state index contributed by atoms with van der Waals surface area (Å²) in [5, 5.41) is 2.42. The Bertz CT molecular complexity index is 1480. The smallest absolute Gasteiger partial charge is 0.137 e. The van der Waals surface area contributed by atoms with Gasteiger partial charge in [0.25, 0.3) is 0 Å². The number of aromatic amines is 1. The molecule has 0 bridgehead atoms. The molecule has 0 saturated heterocycles. The van der Waals surface area contributed by atoms with E-state index in [1.807, 2.05) is 36.7 Å². The van der Waals surface area contributed by atoms with Crippen LogP contribution in [0.1, 0.15) is 17.5 Å². The van der Waals surface area contributed by atoms with E-state index >= 15 is 0 Å². The van der Waals surface area contributed by atoms with E-state index in [0.29, 0.717) is 0 Å². The van der Waals surface area contributed by atoms with Crippen LogP contribution >= 0.6 is 0 Å². The van der Waals surface area contributed by atoms with E-state index in [-0.39, 0.29) is 0 Å². The number of H-pyrrole nitrogens is 1. The van der Waals surface area contributed by atoms with E-state index in [0.717, 1.165) is 34.8 Å². The number of hydrogen-bond acceptors (Lipinski definition) is 2. The number of rotatable bonds is 4. The monoisotopic (exact) mass is 411 g/mol. The van der Waals surface area contributed by atoms with E-state index in [2.05, 4.69) is 87.8 Å². The Balaban J connectivity index is 1.29. The number of aromatic nitrogens is 2. The van der Waals surface area contributed by atoms with Crippen LogP contribution in [0.4, 0.5) is 0 Å². The molecule has 3 nitrogen and oxygen atoms in total. The van der Waals surface area contributed by atoms with Crippen LogP contribution in [0.15, 0.2) is 114 Å². The minimum atomic E-state index is 0.855. The summed E-state index contributed by atoms with van der Waals surface area (Å²) >= 11 is 0. The standard InChI is InChI=1S/C29H21N3/c1-3-7-21(8-4-1)27-17-26(18-30-27)23-13-11-20-12-14-24(16-25(20)15-23)29-31-19-28(32-29)22-9-5-2-6-10-22/h1-16,18-19H,17H2,(H,31,32). The zero-order chi connectivity index (χ0) is 21.3. The minimum absolute atomic E-state index is 0.855. The summed E-state index contributed by atoms with van der Waals surface area (Å²) in [6, 6.07) is 33.8. The molecular weight excluding hydrogens is 390 g/mol. The molecule has 0 amide bonds. The second-order valence-corrected chi connectivity index (χ2v) is 8.06. The summed E-state index contributed by atoms with van der Waals surface area (Å²) < 4.78 is 0. The Hall–Kier alpha value is -4.24. The van der Waals surface area contributed by atoms with Crippen LogP contribution < -0.4 is 0 Å². The number of hydrogen-bond donors (Lipinski definition) is 1. The normalized spacial score (nSPS) is 13.2. The molecule has 0 spiro atoms. The highest BCUT2D eigenvalue weighted by Gasteiger charge is 2.14. The maximum absolute atomic E-state index is 4.68. The molecule has 0 fully saturated rings. The van der Waals surface area contributed by atoms with Crippen LogP contribution in [0.5, 0.6) is 0 Å². The SMILES string of the molecule is C1=C(c2ccc3ccc(-c4ncc(-c5ccccc5)[nH]4)cc3c2)CC(c2ccccc2)=N1. The predicted molar refractivity (Wildman–Crippen MR) is 133 cm³/mol. The molecule has 0 radical (unpaired) electrons. The zero-order valence-corrected chi connectivity index (χ0v) is 17.5. The predicted octanol–water partition coefficient (Wildman–Crippen LogP) is 7.13. The molecular formula is C29H21N3. The Morgan fingerprint density at radius 3 is 2.09 bits per heavy atom. The molecule has 152 valence electrons.